The van der Waals surface area contributed by atoms with Crippen molar-refractivity contribution in [3.8, 4) is 0 Å². The number of ether oxygens (including phenoxy) is 2. The monoisotopic (exact) mass is 222 g/mol. The Kier molecular flexibility index (Phi) is 3.66. The van der Waals surface area contributed by atoms with Gasteiger partial charge in [0, 0.05) is 14.2 Å². The summed E-state index contributed by atoms with van der Waals surface area (Å²) in [5, 5.41) is 0. The van der Waals surface area contributed by atoms with E-state index in [2.05, 4.69) is 9.98 Å². The van der Waals surface area contributed by atoms with Crippen LogP contribution in [0.25, 0.3) is 0 Å². The first-order valence-electron chi connectivity index (χ1n) is 4.35. The molecule has 1 rings (SSSR count). The molecule has 0 saturated heterocycles. The summed E-state index contributed by atoms with van der Waals surface area (Å²) in [7, 11) is 2.70. The zero-order chi connectivity index (χ0) is 12.1. The van der Waals surface area contributed by atoms with E-state index in [9.17, 15) is 9.59 Å². The van der Waals surface area contributed by atoms with Gasteiger partial charge >= 0.3 is 0 Å². The van der Waals surface area contributed by atoms with Gasteiger partial charge in [-0.05, 0) is 12.2 Å². The smallest absolute Gasteiger partial charge is 0.250 e. The molecule has 0 amide bonds. The van der Waals surface area contributed by atoms with Crippen molar-refractivity contribution in [2.75, 3.05) is 14.2 Å². The maximum Gasteiger partial charge on any atom is 0.250 e. The van der Waals surface area contributed by atoms with Crippen LogP contribution in [0.2, 0.25) is 0 Å². The quantitative estimate of drug-likeness (QED) is 0.393. The largest absolute Gasteiger partial charge is 0.346 e. The van der Waals surface area contributed by atoms with Crippen molar-refractivity contribution < 1.29 is 19.1 Å². The minimum atomic E-state index is -1.62. The van der Waals surface area contributed by atoms with Crippen LogP contribution in [0.1, 0.15) is 0 Å². The molecule has 6 heteroatoms. The van der Waals surface area contributed by atoms with Crippen molar-refractivity contribution in [2.24, 2.45) is 9.98 Å². The van der Waals surface area contributed by atoms with Crippen LogP contribution in [0, 0.1) is 0 Å². The van der Waals surface area contributed by atoms with Crippen LogP contribution in [-0.2, 0) is 19.1 Å². The zero-order valence-corrected chi connectivity index (χ0v) is 8.84. The molecule has 0 atom stereocenters. The van der Waals surface area contributed by atoms with Gasteiger partial charge in [-0.3, -0.25) is 0 Å². The first-order valence-corrected chi connectivity index (χ1v) is 4.35. The second-order valence-corrected chi connectivity index (χ2v) is 2.93. The van der Waals surface area contributed by atoms with Crippen LogP contribution in [-0.4, -0.2) is 37.8 Å². The Labute approximate surface area is 92.0 Å². The van der Waals surface area contributed by atoms with Crippen molar-refractivity contribution >= 4 is 12.2 Å². The standard InChI is InChI=1S/C10H10N2O4/c1-15-10(16-2)6-4-3-5-9(10,11-7-13)12-8-14/h3-6H,1-2H3. The molecule has 0 N–H and O–H groups in total. The lowest BCUT2D eigenvalue weighted by molar-refractivity contribution is -0.200. The molecule has 1 aliphatic rings. The van der Waals surface area contributed by atoms with E-state index in [0.29, 0.717) is 0 Å². The van der Waals surface area contributed by atoms with Crippen molar-refractivity contribution in [3.05, 3.63) is 24.3 Å². The minimum Gasteiger partial charge on any atom is -0.346 e. The van der Waals surface area contributed by atoms with E-state index >= 15 is 0 Å². The van der Waals surface area contributed by atoms with Crippen LogP contribution in [0.15, 0.2) is 34.3 Å². The van der Waals surface area contributed by atoms with E-state index in [1.807, 2.05) is 0 Å². The maximum atomic E-state index is 10.4. The van der Waals surface area contributed by atoms with Crippen LogP contribution in [0.3, 0.4) is 0 Å². The molecule has 0 aromatic heterocycles. The number of aliphatic imine (C=N–C) groups is 2. The Hall–Kier alpha value is -1.84. The summed E-state index contributed by atoms with van der Waals surface area (Å²) in [6.07, 6.45) is 8.78. The Bertz CT molecular complexity index is 393. The molecule has 0 aromatic rings. The lowest BCUT2D eigenvalue weighted by atomic mass is 9.94. The topological polar surface area (TPSA) is 77.3 Å². The molecular weight excluding hydrogens is 212 g/mol. The Balaban J connectivity index is 3.43. The number of hydrogen-bond acceptors (Lipinski definition) is 6. The van der Waals surface area contributed by atoms with Crippen molar-refractivity contribution in [1.29, 1.82) is 0 Å². The molecule has 0 unspecified atom stereocenters. The molecule has 0 fully saturated rings. The summed E-state index contributed by atoms with van der Waals surface area (Å²) in [6.45, 7) is 0. The number of rotatable bonds is 4. The third-order valence-electron chi connectivity index (χ3n) is 2.31. The van der Waals surface area contributed by atoms with Crippen LogP contribution in [0.5, 0.6) is 0 Å². The number of allylic oxidation sites excluding steroid dienone is 2. The Morgan fingerprint density at radius 1 is 1.00 bits per heavy atom. The van der Waals surface area contributed by atoms with Gasteiger partial charge in [0.2, 0.25) is 23.6 Å². The van der Waals surface area contributed by atoms with Gasteiger partial charge in [-0.1, -0.05) is 12.2 Å². The molecule has 1 aliphatic carbocycles. The average molecular weight is 222 g/mol. The van der Waals surface area contributed by atoms with Gasteiger partial charge in [-0.15, -0.1) is 0 Å². The molecule has 0 saturated carbocycles. The van der Waals surface area contributed by atoms with Crippen molar-refractivity contribution in [3.63, 3.8) is 0 Å². The average Bonchev–Trinajstić information content (AvgIpc) is 2.31. The summed E-state index contributed by atoms with van der Waals surface area (Å²) >= 11 is 0. The van der Waals surface area contributed by atoms with Gasteiger partial charge in [0.15, 0.2) is 0 Å². The third-order valence-corrected chi connectivity index (χ3v) is 2.31. The summed E-state index contributed by atoms with van der Waals surface area (Å²) in [4.78, 5) is 27.8. The van der Waals surface area contributed by atoms with E-state index in [-0.39, 0.29) is 0 Å². The molecule has 0 bridgehead atoms. The minimum absolute atomic E-state index is 1.34. The highest BCUT2D eigenvalue weighted by molar-refractivity contribution is 5.45. The number of isocyanates is 2. The summed E-state index contributed by atoms with van der Waals surface area (Å²) in [5.41, 5.74) is -1.62. The van der Waals surface area contributed by atoms with E-state index in [4.69, 9.17) is 9.47 Å². The van der Waals surface area contributed by atoms with Gasteiger partial charge in [0.25, 0.3) is 0 Å². The first kappa shape index (κ1) is 12.2. The number of nitrogens with zero attached hydrogens (tertiary/aromatic N) is 2. The molecular formula is C10H10N2O4. The fourth-order valence-electron chi connectivity index (χ4n) is 1.53. The first-order chi connectivity index (χ1) is 7.70. The summed E-state index contributed by atoms with van der Waals surface area (Å²) < 4.78 is 10.3. The molecule has 16 heavy (non-hydrogen) atoms. The Morgan fingerprint density at radius 2 is 1.50 bits per heavy atom. The predicted octanol–water partition coefficient (Wildman–Crippen LogP) is 0.469. The van der Waals surface area contributed by atoms with Crippen molar-refractivity contribution in [2.45, 2.75) is 11.4 Å². The molecule has 0 aromatic carbocycles. The number of methoxy groups -OCH3 is 2. The normalized spacial score (nSPS) is 25.6. The Morgan fingerprint density at radius 3 is 1.94 bits per heavy atom. The third kappa shape index (κ3) is 1.66. The molecule has 0 aliphatic heterocycles. The second kappa shape index (κ2) is 4.79. The molecule has 0 heterocycles. The van der Waals surface area contributed by atoms with Crippen molar-refractivity contribution in [1.82, 2.24) is 0 Å². The number of carbonyl (C=O) groups excluding carboxylic acids is 2. The molecule has 6 nitrogen and oxygen atoms in total. The predicted molar refractivity (Wildman–Crippen MR) is 54.0 cm³/mol. The number of hydrogen-bond donors (Lipinski definition) is 0. The van der Waals surface area contributed by atoms with E-state index in [1.54, 1.807) is 12.2 Å². The molecule has 0 spiro atoms. The zero-order valence-electron chi connectivity index (χ0n) is 8.84. The fraction of sp³-hybridized carbons (Fsp3) is 0.400. The SMILES string of the molecule is COC1(OC)C=CC=CC1(N=C=O)N=C=O. The van der Waals surface area contributed by atoms with Gasteiger partial charge in [-0.25, -0.2) is 9.59 Å². The van der Waals surface area contributed by atoms with Crippen LogP contribution < -0.4 is 0 Å². The maximum absolute atomic E-state index is 10.4. The fourth-order valence-corrected chi connectivity index (χ4v) is 1.53. The van der Waals surface area contributed by atoms with Gasteiger partial charge in [0.05, 0.1) is 0 Å². The van der Waals surface area contributed by atoms with E-state index in [1.165, 1.54) is 38.5 Å². The van der Waals surface area contributed by atoms with Gasteiger partial charge < -0.3 is 9.47 Å². The van der Waals surface area contributed by atoms with Gasteiger partial charge in [0.1, 0.15) is 0 Å². The lowest BCUT2D eigenvalue weighted by Gasteiger charge is -2.38. The summed E-state index contributed by atoms with van der Waals surface area (Å²) in [5.74, 6) is -1.45. The van der Waals surface area contributed by atoms with Crippen LogP contribution in [0.4, 0.5) is 0 Å². The molecule has 0 radical (unpaired) electrons. The molecule has 84 valence electrons. The highest BCUT2D eigenvalue weighted by Crippen LogP contribution is 2.36. The highest BCUT2D eigenvalue weighted by Gasteiger charge is 2.52. The van der Waals surface area contributed by atoms with E-state index in [0.717, 1.165) is 0 Å². The highest BCUT2D eigenvalue weighted by atomic mass is 16.7. The lowest BCUT2D eigenvalue weighted by Crippen LogP contribution is -2.53. The van der Waals surface area contributed by atoms with Gasteiger partial charge in [-0.2, -0.15) is 9.98 Å². The van der Waals surface area contributed by atoms with E-state index < -0.39 is 11.4 Å². The second-order valence-electron chi connectivity index (χ2n) is 2.93. The summed E-state index contributed by atoms with van der Waals surface area (Å²) in [6, 6.07) is 0. The van der Waals surface area contributed by atoms with Crippen LogP contribution >= 0.6 is 0 Å².